The fraction of sp³-hybridized carbons (Fsp3) is 0.780. The van der Waals surface area contributed by atoms with Crippen LogP contribution in [0.15, 0.2) is 60.8 Å². The molecule has 6 heteroatoms. The van der Waals surface area contributed by atoms with Crippen LogP contribution >= 0.6 is 0 Å². The summed E-state index contributed by atoms with van der Waals surface area (Å²) < 4.78 is 16.8. The Morgan fingerprint density at radius 2 is 0.600 bits per heavy atom. The molecule has 0 amide bonds. The van der Waals surface area contributed by atoms with Gasteiger partial charge in [0.05, 0.1) is 0 Å². The molecule has 0 aliphatic heterocycles. The van der Waals surface area contributed by atoms with Crippen LogP contribution in [-0.4, -0.2) is 37.2 Å². The molecule has 0 aliphatic rings. The average molecular weight is 909 g/mol. The molecule has 376 valence electrons. The van der Waals surface area contributed by atoms with E-state index in [2.05, 4.69) is 81.5 Å². The highest BCUT2D eigenvalue weighted by atomic mass is 16.6. The van der Waals surface area contributed by atoms with Crippen molar-refractivity contribution in [1.29, 1.82) is 0 Å². The lowest BCUT2D eigenvalue weighted by molar-refractivity contribution is -0.167. The van der Waals surface area contributed by atoms with E-state index in [9.17, 15) is 14.4 Å². The van der Waals surface area contributed by atoms with Crippen molar-refractivity contribution in [2.24, 2.45) is 0 Å². The first-order valence-corrected chi connectivity index (χ1v) is 27.8. The number of ether oxygens (including phenoxy) is 3. The summed E-state index contributed by atoms with van der Waals surface area (Å²) in [7, 11) is 0. The Morgan fingerprint density at radius 3 is 0.938 bits per heavy atom. The molecule has 0 aliphatic carbocycles. The maximum Gasteiger partial charge on any atom is 0.306 e. The van der Waals surface area contributed by atoms with E-state index in [1.54, 1.807) is 0 Å². The van der Waals surface area contributed by atoms with E-state index >= 15 is 0 Å². The molecule has 0 heterocycles. The molecule has 1 atom stereocenters. The molecule has 0 radical (unpaired) electrons. The Labute approximate surface area is 402 Å². The normalized spacial score (nSPS) is 12.5. The maximum absolute atomic E-state index is 12.8. The summed E-state index contributed by atoms with van der Waals surface area (Å²) in [6.07, 6.45) is 66.4. The van der Waals surface area contributed by atoms with Crippen molar-refractivity contribution in [3.63, 3.8) is 0 Å². The summed E-state index contributed by atoms with van der Waals surface area (Å²) >= 11 is 0. The molecule has 0 aromatic carbocycles. The first-order chi connectivity index (χ1) is 32.0. The van der Waals surface area contributed by atoms with E-state index in [-0.39, 0.29) is 31.1 Å². The first-order valence-electron chi connectivity index (χ1n) is 27.8. The predicted molar refractivity (Wildman–Crippen MR) is 279 cm³/mol. The average Bonchev–Trinajstić information content (AvgIpc) is 3.30. The summed E-state index contributed by atoms with van der Waals surface area (Å²) in [5.74, 6) is -0.905. The zero-order valence-corrected chi connectivity index (χ0v) is 43.0. The van der Waals surface area contributed by atoms with Crippen molar-refractivity contribution in [2.75, 3.05) is 13.2 Å². The summed E-state index contributed by atoms with van der Waals surface area (Å²) in [5, 5.41) is 0. The lowest BCUT2D eigenvalue weighted by Crippen LogP contribution is -2.30. The highest BCUT2D eigenvalue weighted by molar-refractivity contribution is 5.71. The number of carbonyl (C=O) groups is 3. The van der Waals surface area contributed by atoms with Gasteiger partial charge in [-0.3, -0.25) is 14.4 Å². The summed E-state index contributed by atoms with van der Waals surface area (Å²) in [4.78, 5) is 38.0. The molecule has 0 saturated carbocycles. The minimum Gasteiger partial charge on any atom is -0.462 e. The third-order valence-electron chi connectivity index (χ3n) is 12.0. The van der Waals surface area contributed by atoms with E-state index in [1.165, 1.54) is 141 Å². The van der Waals surface area contributed by atoms with Crippen molar-refractivity contribution >= 4 is 17.9 Å². The molecule has 65 heavy (non-hydrogen) atoms. The van der Waals surface area contributed by atoms with E-state index in [0.29, 0.717) is 19.3 Å². The van der Waals surface area contributed by atoms with Crippen LogP contribution in [0.5, 0.6) is 0 Å². The zero-order valence-electron chi connectivity index (χ0n) is 43.0. The lowest BCUT2D eigenvalue weighted by atomic mass is 10.0. The summed E-state index contributed by atoms with van der Waals surface area (Å²) in [5.41, 5.74) is 0. The minimum atomic E-state index is -0.783. The predicted octanol–water partition coefficient (Wildman–Crippen LogP) is 18.4. The van der Waals surface area contributed by atoms with Crippen LogP contribution < -0.4 is 0 Å². The van der Waals surface area contributed by atoms with E-state index < -0.39 is 6.10 Å². The number of rotatable bonds is 50. The van der Waals surface area contributed by atoms with Crippen LogP contribution in [0.3, 0.4) is 0 Å². The van der Waals surface area contributed by atoms with E-state index in [0.717, 1.165) is 96.3 Å². The van der Waals surface area contributed by atoms with Gasteiger partial charge >= 0.3 is 17.9 Å². The molecule has 0 bridgehead atoms. The summed E-state index contributed by atoms with van der Waals surface area (Å²) in [6, 6.07) is 0. The topological polar surface area (TPSA) is 78.9 Å². The van der Waals surface area contributed by atoms with Gasteiger partial charge in [-0.1, -0.05) is 255 Å². The van der Waals surface area contributed by atoms with Crippen LogP contribution in [0, 0.1) is 0 Å². The first kappa shape index (κ1) is 62.1. The molecule has 0 aromatic rings. The Balaban J connectivity index is 4.36. The van der Waals surface area contributed by atoms with E-state index in [4.69, 9.17) is 14.2 Å². The monoisotopic (exact) mass is 909 g/mol. The summed E-state index contributed by atoms with van der Waals surface area (Å²) in [6.45, 7) is 6.51. The third kappa shape index (κ3) is 51.9. The minimum absolute atomic E-state index is 0.0814. The Hall–Kier alpha value is -2.89. The molecule has 0 aromatic heterocycles. The quantitative estimate of drug-likeness (QED) is 0.0262. The van der Waals surface area contributed by atoms with Crippen molar-refractivity contribution in [3.8, 4) is 0 Å². The Morgan fingerprint density at radius 1 is 0.323 bits per heavy atom. The van der Waals surface area contributed by atoms with E-state index in [1.807, 2.05) is 0 Å². The smallest absolute Gasteiger partial charge is 0.306 e. The molecular formula is C59H104O6. The second kappa shape index (κ2) is 53.7. The third-order valence-corrected chi connectivity index (χ3v) is 12.0. The van der Waals surface area contributed by atoms with Gasteiger partial charge in [0.15, 0.2) is 6.10 Å². The highest BCUT2D eigenvalue weighted by Crippen LogP contribution is 2.16. The Bertz CT molecular complexity index is 1180. The van der Waals surface area contributed by atoms with Gasteiger partial charge in [0, 0.05) is 19.3 Å². The van der Waals surface area contributed by atoms with Gasteiger partial charge in [-0.25, -0.2) is 0 Å². The molecule has 6 nitrogen and oxygen atoms in total. The second-order valence-electron chi connectivity index (χ2n) is 18.5. The van der Waals surface area contributed by atoms with Gasteiger partial charge in [-0.15, -0.1) is 0 Å². The van der Waals surface area contributed by atoms with Crippen LogP contribution in [0.2, 0.25) is 0 Å². The maximum atomic E-state index is 12.8. The van der Waals surface area contributed by atoms with Gasteiger partial charge in [-0.2, -0.15) is 0 Å². The van der Waals surface area contributed by atoms with Gasteiger partial charge < -0.3 is 14.2 Å². The van der Waals surface area contributed by atoms with Crippen molar-refractivity contribution < 1.29 is 28.6 Å². The second-order valence-corrected chi connectivity index (χ2v) is 18.5. The number of unbranched alkanes of at least 4 members (excludes halogenated alkanes) is 29. The number of hydrogen-bond donors (Lipinski definition) is 0. The fourth-order valence-electron chi connectivity index (χ4n) is 7.88. The number of carbonyl (C=O) groups excluding carboxylic acids is 3. The van der Waals surface area contributed by atoms with Gasteiger partial charge in [0.25, 0.3) is 0 Å². The Kier molecular flexibility index (Phi) is 51.3. The fourth-order valence-corrected chi connectivity index (χ4v) is 7.88. The van der Waals surface area contributed by atoms with Crippen LogP contribution in [-0.2, 0) is 28.6 Å². The number of hydrogen-bond acceptors (Lipinski definition) is 6. The molecule has 0 saturated heterocycles. The lowest BCUT2D eigenvalue weighted by Gasteiger charge is -2.18. The van der Waals surface area contributed by atoms with Crippen molar-refractivity contribution in [3.05, 3.63) is 60.8 Å². The molecule has 0 rings (SSSR count). The molecule has 0 N–H and O–H groups in total. The van der Waals surface area contributed by atoms with Crippen molar-refractivity contribution in [2.45, 2.75) is 284 Å². The molecule has 0 spiro atoms. The van der Waals surface area contributed by atoms with Crippen LogP contribution in [0.1, 0.15) is 278 Å². The highest BCUT2D eigenvalue weighted by Gasteiger charge is 2.19. The standard InChI is InChI=1S/C59H104O6/c1-4-7-10-13-16-19-22-24-26-28-30-32-33-35-37-40-43-46-49-52-58(61)64-55-56(54-63-57(60)51-48-45-42-39-21-18-15-12-9-6-3)65-59(62)53-50-47-44-41-38-36-34-31-29-27-25-23-20-17-14-11-8-5-2/h7,10,16,19,24,26,30,32,35,37,56H,4-6,8-9,11-15,17-18,20-23,25,27-29,31,33-34,36,38-55H2,1-3H3/b10-7-,19-16-,26-24-,32-30-,37-35-/t56-/m1/s1. The van der Waals surface area contributed by atoms with Crippen LogP contribution in [0.25, 0.3) is 0 Å². The number of esters is 3. The van der Waals surface area contributed by atoms with Gasteiger partial charge in [0.1, 0.15) is 13.2 Å². The molecule has 0 fully saturated rings. The number of allylic oxidation sites excluding steroid dienone is 10. The van der Waals surface area contributed by atoms with Crippen LogP contribution in [0.4, 0.5) is 0 Å². The molecule has 0 unspecified atom stereocenters. The van der Waals surface area contributed by atoms with Crippen molar-refractivity contribution in [1.82, 2.24) is 0 Å². The van der Waals surface area contributed by atoms with Gasteiger partial charge in [0.2, 0.25) is 0 Å². The SMILES string of the molecule is CC/C=C\C/C=C\C/C=C\C/C=C\C/C=C\CCCCCC(=O)OC[C@@H](COC(=O)CCCCCCCCCCCC)OC(=O)CCCCCCCCCCCCCCCCCCCC. The van der Waals surface area contributed by atoms with Gasteiger partial charge in [-0.05, 0) is 64.2 Å². The largest absolute Gasteiger partial charge is 0.462 e. The molecular weight excluding hydrogens is 805 g/mol. The zero-order chi connectivity index (χ0) is 47.2.